The zero-order valence-electron chi connectivity index (χ0n) is 11.1. The van der Waals surface area contributed by atoms with E-state index in [1.807, 2.05) is 37.9 Å². The minimum Gasteiger partial charge on any atom is -0.372 e. The monoisotopic (exact) mass is 225 g/mol. The van der Waals surface area contributed by atoms with Crippen LogP contribution in [0.2, 0.25) is 0 Å². The maximum atomic E-state index is 12.2. The number of allylic oxidation sites excluding steroid dienone is 5. The second-order valence-corrected chi connectivity index (χ2v) is 4.10. The first-order chi connectivity index (χ1) is 7.56. The van der Waals surface area contributed by atoms with Crippen LogP contribution in [0.5, 0.6) is 0 Å². The zero-order chi connectivity index (χ0) is 12.6. The smallest absolute Gasteiger partial charge is 0.107 e. The van der Waals surface area contributed by atoms with E-state index in [-0.39, 0.29) is 6.67 Å². The molecule has 0 spiro atoms. The van der Waals surface area contributed by atoms with E-state index in [4.69, 9.17) is 0 Å². The van der Waals surface area contributed by atoms with Crippen LogP contribution in [0.25, 0.3) is 0 Å². The molecule has 0 atom stereocenters. The molecule has 0 N–H and O–H groups in total. The molecule has 0 bridgehead atoms. The lowest BCUT2D eigenvalue weighted by molar-refractivity contribution is 0.357. The summed E-state index contributed by atoms with van der Waals surface area (Å²) in [4.78, 5) is 1.92. The van der Waals surface area contributed by atoms with Crippen molar-refractivity contribution >= 4 is 0 Å². The van der Waals surface area contributed by atoms with E-state index in [9.17, 15) is 4.39 Å². The van der Waals surface area contributed by atoms with Crippen LogP contribution in [0, 0.1) is 5.92 Å². The summed E-state index contributed by atoms with van der Waals surface area (Å²) in [5.41, 5.74) is 2.35. The lowest BCUT2D eigenvalue weighted by atomic mass is 10.0. The first kappa shape index (κ1) is 14.9. The fraction of sp³-hybridized carbons (Fsp3) is 0.571. The van der Waals surface area contributed by atoms with Crippen molar-refractivity contribution in [3.05, 3.63) is 35.6 Å². The third-order valence-electron chi connectivity index (χ3n) is 2.60. The first-order valence-corrected chi connectivity index (χ1v) is 5.84. The van der Waals surface area contributed by atoms with Gasteiger partial charge >= 0.3 is 0 Å². The van der Waals surface area contributed by atoms with Gasteiger partial charge in [-0.3, -0.25) is 0 Å². The van der Waals surface area contributed by atoms with Gasteiger partial charge in [0.25, 0.3) is 0 Å². The highest BCUT2D eigenvalue weighted by molar-refractivity contribution is 5.27. The molecule has 1 nitrogen and oxygen atoms in total. The first-order valence-electron chi connectivity index (χ1n) is 5.84. The number of halogens is 1. The summed E-state index contributed by atoms with van der Waals surface area (Å²) >= 11 is 0. The summed E-state index contributed by atoms with van der Waals surface area (Å²) in [6.45, 7) is 8.47. The molecule has 0 aliphatic rings. The molecule has 0 aromatic heterocycles. The van der Waals surface area contributed by atoms with Gasteiger partial charge in [0, 0.05) is 19.3 Å². The van der Waals surface area contributed by atoms with Gasteiger partial charge in [-0.25, -0.2) is 4.39 Å². The molecular formula is C14H24FN. The maximum absolute atomic E-state index is 12.2. The summed E-state index contributed by atoms with van der Waals surface area (Å²) in [6, 6.07) is 0. The second-order valence-electron chi connectivity index (χ2n) is 4.10. The molecule has 2 heteroatoms. The molecule has 0 radical (unpaired) electrons. The van der Waals surface area contributed by atoms with Gasteiger partial charge in [0.05, 0.1) is 0 Å². The Kier molecular flexibility index (Phi) is 7.61. The predicted octanol–water partition coefficient (Wildman–Crippen LogP) is 3.95. The van der Waals surface area contributed by atoms with Crippen molar-refractivity contribution in [1.29, 1.82) is 0 Å². The number of alkyl halides is 1. The van der Waals surface area contributed by atoms with E-state index in [2.05, 4.69) is 26.0 Å². The molecule has 0 aromatic rings. The van der Waals surface area contributed by atoms with Crippen molar-refractivity contribution in [2.24, 2.45) is 5.92 Å². The Bertz CT molecular complexity index is 274. The SMILES string of the molecule is C\C=C(/C=C\C(=C/C)N(C)CCF)C(C)C. The summed E-state index contributed by atoms with van der Waals surface area (Å²) in [5.74, 6) is 0.519. The molecule has 0 saturated carbocycles. The Morgan fingerprint density at radius 3 is 2.19 bits per heavy atom. The van der Waals surface area contributed by atoms with E-state index in [1.54, 1.807) is 0 Å². The Hall–Kier alpha value is -1.05. The van der Waals surface area contributed by atoms with Gasteiger partial charge < -0.3 is 4.90 Å². The van der Waals surface area contributed by atoms with Gasteiger partial charge in [0.1, 0.15) is 6.67 Å². The van der Waals surface area contributed by atoms with Crippen molar-refractivity contribution in [1.82, 2.24) is 4.90 Å². The molecule has 0 heterocycles. The van der Waals surface area contributed by atoms with Crippen LogP contribution in [0.4, 0.5) is 4.39 Å². The van der Waals surface area contributed by atoms with Crippen LogP contribution >= 0.6 is 0 Å². The molecule has 0 amide bonds. The fourth-order valence-corrected chi connectivity index (χ4v) is 1.50. The van der Waals surface area contributed by atoms with Crippen LogP contribution < -0.4 is 0 Å². The van der Waals surface area contributed by atoms with Crippen LogP contribution in [0.15, 0.2) is 35.6 Å². The number of hydrogen-bond acceptors (Lipinski definition) is 1. The lowest BCUT2D eigenvalue weighted by Crippen LogP contribution is -2.19. The van der Waals surface area contributed by atoms with E-state index >= 15 is 0 Å². The largest absolute Gasteiger partial charge is 0.372 e. The summed E-state index contributed by atoms with van der Waals surface area (Å²) < 4.78 is 12.2. The minimum absolute atomic E-state index is 0.317. The number of likely N-dealkylation sites (N-methyl/N-ethyl adjacent to an activating group) is 1. The zero-order valence-corrected chi connectivity index (χ0v) is 11.1. The summed E-state index contributed by atoms with van der Waals surface area (Å²) in [5, 5.41) is 0. The summed E-state index contributed by atoms with van der Waals surface area (Å²) in [6.07, 6.45) is 8.27. The van der Waals surface area contributed by atoms with Crippen molar-refractivity contribution in [3.63, 3.8) is 0 Å². The van der Waals surface area contributed by atoms with Crippen molar-refractivity contribution < 1.29 is 4.39 Å². The Balaban J connectivity index is 4.61. The number of rotatable bonds is 6. The molecule has 92 valence electrons. The lowest BCUT2D eigenvalue weighted by Gasteiger charge is -2.18. The van der Waals surface area contributed by atoms with E-state index in [0.717, 1.165) is 5.70 Å². The molecule has 0 aromatic carbocycles. The van der Waals surface area contributed by atoms with Gasteiger partial charge in [0.2, 0.25) is 0 Å². The highest BCUT2D eigenvalue weighted by Gasteiger charge is 2.01. The van der Waals surface area contributed by atoms with Crippen LogP contribution in [0.1, 0.15) is 27.7 Å². The molecule has 0 aliphatic carbocycles. The fourth-order valence-electron chi connectivity index (χ4n) is 1.50. The molecule has 0 saturated heterocycles. The minimum atomic E-state index is -0.317. The summed E-state index contributed by atoms with van der Waals surface area (Å²) in [7, 11) is 1.91. The predicted molar refractivity (Wildman–Crippen MR) is 70.1 cm³/mol. The van der Waals surface area contributed by atoms with E-state index in [1.165, 1.54) is 5.57 Å². The third-order valence-corrected chi connectivity index (χ3v) is 2.60. The third kappa shape index (κ3) is 5.15. The quantitative estimate of drug-likeness (QED) is 0.619. The molecule has 0 fully saturated rings. The van der Waals surface area contributed by atoms with Crippen LogP contribution in [-0.2, 0) is 0 Å². The Morgan fingerprint density at radius 2 is 1.81 bits per heavy atom. The molecule has 0 rings (SSSR count). The topological polar surface area (TPSA) is 3.24 Å². The van der Waals surface area contributed by atoms with Crippen molar-refractivity contribution in [3.8, 4) is 0 Å². The maximum Gasteiger partial charge on any atom is 0.107 e. The molecule has 0 unspecified atom stereocenters. The van der Waals surface area contributed by atoms with Gasteiger partial charge in [-0.05, 0) is 31.4 Å². The van der Waals surface area contributed by atoms with Gasteiger partial charge in [-0.1, -0.05) is 32.1 Å². The normalized spacial score (nSPS) is 13.9. The Morgan fingerprint density at radius 1 is 1.19 bits per heavy atom. The highest BCUT2D eigenvalue weighted by atomic mass is 19.1. The van der Waals surface area contributed by atoms with Gasteiger partial charge in [0.15, 0.2) is 0 Å². The standard InChI is InChI=1S/C14H24FN/c1-6-13(12(3)4)8-9-14(7-2)16(5)11-10-15/h6-9,12H,10-11H2,1-5H3/b9-8-,13-6+,14-7+. The van der Waals surface area contributed by atoms with Crippen molar-refractivity contribution in [2.75, 3.05) is 20.3 Å². The van der Waals surface area contributed by atoms with Crippen molar-refractivity contribution in [2.45, 2.75) is 27.7 Å². The average molecular weight is 225 g/mol. The van der Waals surface area contributed by atoms with Gasteiger partial charge in [-0.2, -0.15) is 0 Å². The second kappa shape index (κ2) is 8.14. The molecule has 0 aliphatic heterocycles. The highest BCUT2D eigenvalue weighted by Crippen LogP contribution is 2.13. The van der Waals surface area contributed by atoms with Crippen LogP contribution in [-0.4, -0.2) is 25.2 Å². The van der Waals surface area contributed by atoms with Gasteiger partial charge in [-0.15, -0.1) is 0 Å². The van der Waals surface area contributed by atoms with E-state index < -0.39 is 0 Å². The van der Waals surface area contributed by atoms with E-state index in [0.29, 0.717) is 12.5 Å². The molecule has 16 heavy (non-hydrogen) atoms. The Labute approximate surface area is 99.3 Å². The number of nitrogens with zero attached hydrogens (tertiary/aromatic N) is 1. The molecular weight excluding hydrogens is 201 g/mol. The number of hydrogen-bond donors (Lipinski definition) is 0. The van der Waals surface area contributed by atoms with Crippen LogP contribution in [0.3, 0.4) is 0 Å². The average Bonchev–Trinajstić information content (AvgIpc) is 2.24.